The Morgan fingerprint density at radius 1 is 1.30 bits per heavy atom. The minimum atomic E-state index is -0.370. The van der Waals surface area contributed by atoms with Crippen molar-refractivity contribution in [3.05, 3.63) is 30.3 Å². The number of hydrogen-bond donors (Lipinski definition) is 2. The van der Waals surface area contributed by atoms with Gasteiger partial charge in [-0.1, -0.05) is 0 Å². The van der Waals surface area contributed by atoms with Gasteiger partial charge in [0.15, 0.2) is 5.82 Å². The Labute approximate surface area is 116 Å². The van der Waals surface area contributed by atoms with Crippen molar-refractivity contribution in [3.8, 4) is 17.0 Å². The van der Waals surface area contributed by atoms with Gasteiger partial charge in [-0.15, -0.1) is 0 Å². The van der Waals surface area contributed by atoms with E-state index in [1.165, 1.54) is 6.92 Å². The van der Waals surface area contributed by atoms with Crippen LogP contribution in [0, 0.1) is 0 Å². The molecule has 0 aliphatic heterocycles. The fourth-order valence-corrected chi connectivity index (χ4v) is 1.72. The maximum absolute atomic E-state index is 11.4. The van der Waals surface area contributed by atoms with E-state index in [2.05, 4.69) is 15.5 Å². The lowest BCUT2D eigenvalue weighted by atomic mass is 10.1. The van der Waals surface area contributed by atoms with Crippen LogP contribution >= 0.6 is 0 Å². The zero-order valence-electron chi connectivity index (χ0n) is 11.3. The zero-order valence-corrected chi connectivity index (χ0v) is 11.3. The fourth-order valence-electron chi connectivity index (χ4n) is 1.72. The summed E-state index contributed by atoms with van der Waals surface area (Å²) in [6.45, 7) is 1.37. The van der Waals surface area contributed by atoms with E-state index < -0.39 is 0 Å². The molecule has 20 heavy (non-hydrogen) atoms. The summed E-state index contributed by atoms with van der Waals surface area (Å²) in [5.74, 6) is 0.601. The molecule has 1 aromatic carbocycles. The summed E-state index contributed by atoms with van der Waals surface area (Å²) in [7, 11) is 1.61. The molecule has 0 spiro atoms. The molecule has 0 atom stereocenters. The number of aromatic amines is 1. The Morgan fingerprint density at radius 3 is 2.60 bits per heavy atom. The van der Waals surface area contributed by atoms with E-state index in [0.717, 1.165) is 17.0 Å². The molecule has 0 unspecified atom stereocenters. The van der Waals surface area contributed by atoms with Crippen LogP contribution in [0.25, 0.3) is 11.3 Å². The number of hydrogen-bond acceptors (Lipinski definition) is 4. The molecule has 0 radical (unpaired) electrons. The van der Waals surface area contributed by atoms with Crippen molar-refractivity contribution in [2.75, 3.05) is 12.4 Å². The average Bonchev–Trinajstić information content (AvgIpc) is 2.86. The Morgan fingerprint density at radius 2 is 2.00 bits per heavy atom. The predicted molar refractivity (Wildman–Crippen MR) is 74.5 cm³/mol. The standard InChI is InChI=1S/C14H15N3O3/c1-9(18)7-14(19)15-13-8-12(16-17-13)10-3-5-11(20-2)6-4-10/h3-6,8H,7H2,1-2H3,(H2,15,16,17,19). The molecule has 0 bridgehead atoms. The van der Waals surface area contributed by atoms with Gasteiger partial charge in [0.25, 0.3) is 0 Å². The molecule has 1 heterocycles. The van der Waals surface area contributed by atoms with Gasteiger partial charge in [-0.05, 0) is 36.8 Å². The normalized spacial score (nSPS) is 10.1. The quantitative estimate of drug-likeness (QED) is 0.816. The minimum absolute atomic E-state index is 0.148. The van der Waals surface area contributed by atoms with E-state index in [9.17, 15) is 9.59 Å². The lowest BCUT2D eigenvalue weighted by Gasteiger charge is -2.00. The first-order valence-corrected chi connectivity index (χ1v) is 6.07. The summed E-state index contributed by atoms with van der Waals surface area (Å²) in [5, 5.41) is 9.37. The predicted octanol–water partition coefficient (Wildman–Crippen LogP) is 2.00. The number of ether oxygens (including phenoxy) is 1. The maximum atomic E-state index is 11.4. The van der Waals surface area contributed by atoms with Crippen LogP contribution in [0.15, 0.2) is 30.3 Å². The van der Waals surface area contributed by atoms with Crippen molar-refractivity contribution in [2.24, 2.45) is 0 Å². The molecule has 0 saturated carbocycles. The van der Waals surface area contributed by atoms with Crippen LogP contribution in [0.1, 0.15) is 13.3 Å². The SMILES string of the molecule is COc1ccc(-c2cc(NC(=O)CC(C)=O)n[nH]2)cc1. The van der Waals surface area contributed by atoms with Gasteiger partial charge in [0, 0.05) is 6.07 Å². The van der Waals surface area contributed by atoms with Gasteiger partial charge >= 0.3 is 0 Å². The van der Waals surface area contributed by atoms with Crippen molar-refractivity contribution >= 4 is 17.5 Å². The summed E-state index contributed by atoms with van der Waals surface area (Å²) in [6, 6.07) is 9.15. The number of carbonyl (C=O) groups is 2. The van der Waals surface area contributed by atoms with Gasteiger partial charge in [0.2, 0.25) is 5.91 Å². The number of amides is 1. The van der Waals surface area contributed by atoms with E-state index in [1.807, 2.05) is 24.3 Å². The first-order valence-electron chi connectivity index (χ1n) is 6.07. The summed E-state index contributed by atoms with van der Waals surface area (Å²) in [5.41, 5.74) is 1.69. The largest absolute Gasteiger partial charge is 0.497 e. The summed E-state index contributed by atoms with van der Waals surface area (Å²) in [4.78, 5) is 22.3. The third kappa shape index (κ3) is 3.44. The molecule has 0 fully saturated rings. The Balaban J connectivity index is 2.08. The molecule has 0 aliphatic carbocycles. The molecule has 2 rings (SSSR count). The topological polar surface area (TPSA) is 84.1 Å². The summed E-state index contributed by atoms with van der Waals surface area (Å²) >= 11 is 0. The molecular weight excluding hydrogens is 258 g/mol. The van der Waals surface area contributed by atoms with Crippen molar-refractivity contribution in [3.63, 3.8) is 0 Å². The highest BCUT2D eigenvalue weighted by Gasteiger charge is 2.09. The van der Waals surface area contributed by atoms with Crippen molar-refractivity contribution < 1.29 is 14.3 Å². The van der Waals surface area contributed by atoms with Gasteiger partial charge < -0.3 is 10.1 Å². The molecule has 2 aromatic rings. The summed E-state index contributed by atoms with van der Waals surface area (Å²) < 4.78 is 5.09. The Hall–Kier alpha value is -2.63. The highest BCUT2D eigenvalue weighted by atomic mass is 16.5. The maximum Gasteiger partial charge on any atom is 0.233 e. The van der Waals surface area contributed by atoms with Crippen molar-refractivity contribution in [1.29, 1.82) is 0 Å². The third-order valence-corrected chi connectivity index (χ3v) is 2.66. The van der Waals surface area contributed by atoms with E-state index in [1.54, 1.807) is 13.2 Å². The lowest BCUT2D eigenvalue weighted by Crippen LogP contribution is -2.14. The van der Waals surface area contributed by atoms with Crippen LogP contribution in [-0.2, 0) is 9.59 Å². The molecule has 1 aromatic heterocycles. The van der Waals surface area contributed by atoms with Crippen LogP contribution in [0.2, 0.25) is 0 Å². The number of carbonyl (C=O) groups excluding carboxylic acids is 2. The van der Waals surface area contributed by atoms with Crippen LogP contribution < -0.4 is 10.1 Å². The first kappa shape index (κ1) is 13.8. The smallest absolute Gasteiger partial charge is 0.233 e. The second-order valence-corrected chi connectivity index (χ2v) is 4.32. The molecule has 0 saturated heterocycles. The molecule has 104 valence electrons. The number of nitrogens with one attached hydrogen (secondary N) is 2. The van der Waals surface area contributed by atoms with Crippen LogP contribution in [0.5, 0.6) is 5.75 Å². The number of Topliss-reactive ketones (excluding diaryl/α,β-unsaturated/α-hetero) is 1. The number of benzene rings is 1. The van der Waals surface area contributed by atoms with Gasteiger partial charge in [-0.25, -0.2) is 0 Å². The number of anilines is 1. The molecule has 1 amide bonds. The monoisotopic (exact) mass is 273 g/mol. The summed E-state index contributed by atoms with van der Waals surface area (Å²) in [6.07, 6.45) is -0.148. The van der Waals surface area contributed by atoms with Crippen molar-refractivity contribution in [2.45, 2.75) is 13.3 Å². The second kappa shape index (κ2) is 6.01. The molecule has 0 aliphatic rings. The van der Waals surface area contributed by atoms with Crippen LogP contribution in [-0.4, -0.2) is 29.0 Å². The molecule has 2 N–H and O–H groups in total. The average molecular weight is 273 g/mol. The lowest BCUT2D eigenvalue weighted by molar-refractivity contribution is -0.124. The number of rotatable bonds is 5. The van der Waals surface area contributed by atoms with Crippen molar-refractivity contribution in [1.82, 2.24) is 10.2 Å². The highest BCUT2D eigenvalue weighted by Crippen LogP contribution is 2.22. The van der Waals surface area contributed by atoms with E-state index >= 15 is 0 Å². The first-order chi connectivity index (χ1) is 9.58. The number of methoxy groups -OCH3 is 1. The van der Waals surface area contributed by atoms with E-state index in [0.29, 0.717) is 5.82 Å². The number of ketones is 1. The number of nitrogens with zero attached hydrogens (tertiary/aromatic N) is 1. The van der Waals surface area contributed by atoms with Gasteiger partial charge in [0.05, 0.1) is 19.2 Å². The minimum Gasteiger partial charge on any atom is -0.497 e. The third-order valence-electron chi connectivity index (χ3n) is 2.66. The second-order valence-electron chi connectivity index (χ2n) is 4.32. The zero-order chi connectivity index (χ0) is 14.5. The van der Waals surface area contributed by atoms with Gasteiger partial charge in [0.1, 0.15) is 11.5 Å². The highest BCUT2D eigenvalue weighted by molar-refractivity contribution is 6.03. The number of H-pyrrole nitrogens is 1. The van der Waals surface area contributed by atoms with E-state index in [-0.39, 0.29) is 18.1 Å². The molecule has 6 nitrogen and oxygen atoms in total. The molecular formula is C14H15N3O3. The van der Waals surface area contributed by atoms with Gasteiger partial charge in [-0.2, -0.15) is 5.10 Å². The van der Waals surface area contributed by atoms with Gasteiger partial charge in [-0.3, -0.25) is 14.7 Å². The van der Waals surface area contributed by atoms with Crippen LogP contribution in [0.3, 0.4) is 0 Å². The Kier molecular flexibility index (Phi) is 4.14. The molecule has 6 heteroatoms. The van der Waals surface area contributed by atoms with E-state index in [4.69, 9.17) is 4.74 Å². The fraction of sp³-hybridized carbons (Fsp3) is 0.214. The van der Waals surface area contributed by atoms with Crippen LogP contribution in [0.4, 0.5) is 5.82 Å². The Bertz CT molecular complexity index is 617. The number of aromatic nitrogens is 2.